The Bertz CT molecular complexity index is 603. The molecule has 2 N–H and O–H groups in total. The van der Waals surface area contributed by atoms with Crippen molar-refractivity contribution in [2.45, 2.75) is 12.5 Å². The molecule has 0 aliphatic carbocycles. The van der Waals surface area contributed by atoms with Gasteiger partial charge in [-0.1, -0.05) is 12.1 Å². The molecule has 0 spiro atoms. The SMILES string of the molecule is O=C(NC1CCNC1)c1ccc(-c2ccc(F)cc2)s1. The van der Waals surface area contributed by atoms with E-state index in [1.807, 2.05) is 12.1 Å². The number of carbonyl (C=O) groups is 1. The molecule has 0 bridgehead atoms. The van der Waals surface area contributed by atoms with Gasteiger partial charge in [-0.3, -0.25) is 4.79 Å². The molecule has 3 rings (SSSR count). The van der Waals surface area contributed by atoms with Crippen LogP contribution in [0, 0.1) is 5.82 Å². The molecule has 1 aliphatic heterocycles. The van der Waals surface area contributed by atoms with Crippen molar-refractivity contribution in [3.05, 3.63) is 47.1 Å². The summed E-state index contributed by atoms with van der Waals surface area (Å²) in [6.45, 7) is 1.79. The van der Waals surface area contributed by atoms with Crippen molar-refractivity contribution < 1.29 is 9.18 Å². The van der Waals surface area contributed by atoms with Crippen LogP contribution in [-0.4, -0.2) is 25.0 Å². The minimum atomic E-state index is -0.253. The Morgan fingerprint density at radius 2 is 2.05 bits per heavy atom. The molecule has 5 heteroatoms. The molecule has 0 radical (unpaired) electrons. The minimum Gasteiger partial charge on any atom is -0.347 e. The van der Waals surface area contributed by atoms with Crippen molar-refractivity contribution in [1.82, 2.24) is 10.6 Å². The highest BCUT2D eigenvalue weighted by atomic mass is 32.1. The predicted molar refractivity (Wildman–Crippen MR) is 78.5 cm³/mol. The van der Waals surface area contributed by atoms with Gasteiger partial charge in [0, 0.05) is 17.5 Å². The molecule has 1 aromatic carbocycles. The molecule has 104 valence electrons. The second-order valence-electron chi connectivity index (χ2n) is 4.83. The first-order chi connectivity index (χ1) is 9.72. The summed E-state index contributed by atoms with van der Waals surface area (Å²) < 4.78 is 12.9. The molecule has 1 fully saturated rings. The lowest BCUT2D eigenvalue weighted by molar-refractivity contribution is 0.0944. The second-order valence-corrected chi connectivity index (χ2v) is 5.92. The first-order valence-electron chi connectivity index (χ1n) is 6.60. The van der Waals surface area contributed by atoms with E-state index in [2.05, 4.69) is 10.6 Å². The van der Waals surface area contributed by atoms with Crippen LogP contribution in [0.25, 0.3) is 10.4 Å². The number of nitrogens with one attached hydrogen (secondary N) is 2. The first kappa shape index (κ1) is 13.3. The Morgan fingerprint density at radius 3 is 2.75 bits per heavy atom. The standard InChI is InChI=1S/C15H15FN2OS/c16-11-3-1-10(2-4-11)13-5-6-14(20-13)15(19)18-12-7-8-17-9-12/h1-6,12,17H,7-9H2,(H,18,19). The van der Waals surface area contributed by atoms with Crippen LogP contribution in [-0.2, 0) is 0 Å². The highest BCUT2D eigenvalue weighted by Gasteiger charge is 2.18. The second kappa shape index (κ2) is 5.73. The van der Waals surface area contributed by atoms with E-state index in [0.29, 0.717) is 4.88 Å². The highest BCUT2D eigenvalue weighted by Crippen LogP contribution is 2.28. The fraction of sp³-hybridized carbons (Fsp3) is 0.267. The lowest BCUT2D eigenvalue weighted by atomic mass is 10.2. The number of carbonyl (C=O) groups excluding carboxylic acids is 1. The maximum atomic E-state index is 12.9. The third-order valence-corrected chi connectivity index (χ3v) is 4.49. The maximum Gasteiger partial charge on any atom is 0.261 e. The molecule has 20 heavy (non-hydrogen) atoms. The molecule has 1 unspecified atom stereocenters. The van der Waals surface area contributed by atoms with Crippen LogP contribution < -0.4 is 10.6 Å². The van der Waals surface area contributed by atoms with E-state index < -0.39 is 0 Å². The van der Waals surface area contributed by atoms with Gasteiger partial charge in [0.25, 0.3) is 5.91 Å². The molecule has 1 aromatic heterocycles. The van der Waals surface area contributed by atoms with E-state index in [0.717, 1.165) is 30.0 Å². The first-order valence-corrected chi connectivity index (χ1v) is 7.41. The van der Waals surface area contributed by atoms with Crippen molar-refractivity contribution >= 4 is 17.2 Å². The third kappa shape index (κ3) is 2.89. The Hall–Kier alpha value is -1.72. The van der Waals surface area contributed by atoms with E-state index in [9.17, 15) is 9.18 Å². The van der Waals surface area contributed by atoms with Gasteiger partial charge >= 0.3 is 0 Å². The van der Waals surface area contributed by atoms with Crippen molar-refractivity contribution in [3.63, 3.8) is 0 Å². The topological polar surface area (TPSA) is 41.1 Å². The number of thiophene rings is 1. The number of halogens is 1. The molecule has 1 saturated heterocycles. The van der Waals surface area contributed by atoms with Gasteiger partial charge in [-0.2, -0.15) is 0 Å². The number of hydrogen-bond acceptors (Lipinski definition) is 3. The smallest absolute Gasteiger partial charge is 0.261 e. The Labute approximate surface area is 120 Å². The summed E-state index contributed by atoms with van der Waals surface area (Å²) in [5.41, 5.74) is 0.929. The Morgan fingerprint density at radius 1 is 1.25 bits per heavy atom. The molecular formula is C15H15FN2OS. The summed E-state index contributed by atoms with van der Waals surface area (Å²) in [6.07, 6.45) is 0.974. The van der Waals surface area contributed by atoms with Crippen LogP contribution in [0.3, 0.4) is 0 Å². The van der Waals surface area contributed by atoms with Gasteiger partial charge in [0.2, 0.25) is 0 Å². The van der Waals surface area contributed by atoms with E-state index in [1.165, 1.54) is 23.5 Å². The third-order valence-electron chi connectivity index (χ3n) is 3.35. The highest BCUT2D eigenvalue weighted by molar-refractivity contribution is 7.17. The molecule has 0 saturated carbocycles. The van der Waals surface area contributed by atoms with Crippen LogP contribution in [0.15, 0.2) is 36.4 Å². The van der Waals surface area contributed by atoms with Crippen molar-refractivity contribution in [2.24, 2.45) is 0 Å². The van der Waals surface area contributed by atoms with Crippen molar-refractivity contribution in [1.29, 1.82) is 0 Å². The molecule has 2 aromatic rings. The zero-order valence-electron chi connectivity index (χ0n) is 10.9. The van der Waals surface area contributed by atoms with Gasteiger partial charge in [-0.25, -0.2) is 4.39 Å². The molecule has 1 amide bonds. The monoisotopic (exact) mass is 290 g/mol. The van der Waals surface area contributed by atoms with Crippen LogP contribution >= 0.6 is 11.3 Å². The van der Waals surface area contributed by atoms with E-state index in [4.69, 9.17) is 0 Å². The maximum absolute atomic E-state index is 12.9. The van der Waals surface area contributed by atoms with Gasteiger partial charge in [0.1, 0.15) is 5.82 Å². The van der Waals surface area contributed by atoms with Crippen LogP contribution in [0.4, 0.5) is 4.39 Å². The number of rotatable bonds is 3. The predicted octanol–water partition coefficient (Wildman–Crippen LogP) is 2.65. The van der Waals surface area contributed by atoms with Gasteiger partial charge in [-0.05, 0) is 42.8 Å². The summed E-state index contributed by atoms with van der Waals surface area (Å²) in [5, 5.41) is 6.24. The van der Waals surface area contributed by atoms with Gasteiger partial charge < -0.3 is 10.6 Å². The summed E-state index contributed by atoms with van der Waals surface area (Å²) >= 11 is 1.43. The van der Waals surface area contributed by atoms with E-state index in [1.54, 1.807) is 12.1 Å². The van der Waals surface area contributed by atoms with E-state index in [-0.39, 0.29) is 17.8 Å². The van der Waals surface area contributed by atoms with Gasteiger partial charge in [-0.15, -0.1) is 11.3 Å². The normalized spacial score (nSPS) is 18.1. The fourth-order valence-corrected chi connectivity index (χ4v) is 3.18. The molecule has 2 heterocycles. The van der Waals surface area contributed by atoms with Crippen LogP contribution in [0.1, 0.15) is 16.1 Å². The summed E-state index contributed by atoms with van der Waals surface area (Å²) in [4.78, 5) is 13.8. The average Bonchev–Trinajstić information content (AvgIpc) is 3.10. The molecular weight excluding hydrogens is 275 g/mol. The van der Waals surface area contributed by atoms with Gasteiger partial charge in [0.05, 0.1) is 4.88 Å². The van der Waals surface area contributed by atoms with Crippen molar-refractivity contribution in [2.75, 3.05) is 13.1 Å². The lowest BCUT2D eigenvalue weighted by Gasteiger charge is -2.09. The average molecular weight is 290 g/mol. The minimum absolute atomic E-state index is 0.0305. The summed E-state index contributed by atoms with van der Waals surface area (Å²) in [7, 11) is 0. The number of benzene rings is 1. The number of hydrogen-bond donors (Lipinski definition) is 2. The summed E-state index contributed by atoms with van der Waals surface area (Å²) in [5.74, 6) is -0.283. The number of amides is 1. The lowest BCUT2D eigenvalue weighted by Crippen LogP contribution is -2.35. The van der Waals surface area contributed by atoms with Gasteiger partial charge in [0.15, 0.2) is 0 Å². The molecule has 1 atom stereocenters. The summed E-state index contributed by atoms with van der Waals surface area (Å²) in [6, 6.07) is 10.3. The van der Waals surface area contributed by atoms with Crippen molar-refractivity contribution in [3.8, 4) is 10.4 Å². The van der Waals surface area contributed by atoms with E-state index >= 15 is 0 Å². The molecule has 3 nitrogen and oxygen atoms in total. The fourth-order valence-electron chi connectivity index (χ4n) is 2.26. The van der Waals surface area contributed by atoms with Crippen LogP contribution in [0.5, 0.6) is 0 Å². The molecule has 1 aliphatic rings. The quantitative estimate of drug-likeness (QED) is 0.912. The zero-order valence-corrected chi connectivity index (χ0v) is 11.7. The zero-order chi connectivity index (χ0) is 13.9. The van der Waals surface area contributed by atoms with Crippen LogP contribution in [0.2, 0.25) is 0 Å². The largest absolute Gasteiger partial charge is 0.347 e. The Kier molecular flexibility index (Phi) is 3.80. The Balaban J connectivity index is 1.72.